The first-order chi connectivity index (χ1) is 13.6. The minimum atomic E-state index is -0.957. The Bertz CT molecular complexity index is 1160. The normalized spacial score (nSPS) is 17.4. The first-order valence-electron chi connectivity index (χ1n) is 8.75. The Morgan fingerprint density at radius 1 is 1.00 bits per heavy atom. The van der Waals surface area contributed by atoms with Crippen LogP contribution < -0.4 is 21.9 Å². The molecule has 148 valence electrons. The molecule has 1 aromatic heterocycles. The quantitative estimate of drug-likeness (QED) is 0.498. The van der Waals surface area contributed by atoms with Gasteiger partial charge in [0.05, 0.1) is 23.4 Å². The van der Waals surface area contributed by atoms with Crippen LogP contribution in [0.25, 0.3) is 5.69 Å². The number of hydrogen-bond donors (Lipinski definition) is 3. The summed E-state index contributed by atoms with van der Waals surface area (Å²) in [6.07, 6.45) is 0. The molecule has 0 spiro atoms. The first-order valence-corrected chi connectivity index (χ1v) is 8.75. The topological polar surface area (TPSA) is 144 Å². The van der Waals surface area contributed by atoms with Crippen LogP contribution in [0.15, 0.2) is 35.1 Å². The fraction of sp³-hybridized carbons (Fsp3) is 0.211. The lowest BCUT2D eigenvalue weighted by molar-refractivity contribution is -0.130. The van der Waals surface area contributed by atoms with Crippen LogP contribution in [0.2, 0.25) is 0 Å². The zero-order valence-electron chi connectivity index (χ0n) is 15.6. The molecule has 2 aliphatic rings. The molecule has 5 amide bonds. The molecule has 1 aromatic carbocycles. The minimum Gasteiger partial charge on any atom is -0.384 e. The van der Waals surface area contributed by atoms with Crippen LogP contribution in [0.3, 0.4) is 0 Å². The number of fused-ring (bicyclic) bond motifs is 1. The van der Waals surface area contributed by atoms with E-state index in [0.717, 1.165) is 15.5 Å². The Balaban J connectivity index is 1.66. The number of nitrogens with one attached hydrogen (secondary N) is 2. The van der Waals surface area contributed by atoms with Gasteiger partial charge in [0.25, 0.3) is 23.3 Å². The van der Waals surface area contributed by atoms with E-state index in [1.807, 2.05) is 0 Å². The van der Waals surface area contributed by atoms with Crippen molar-refractivity contribution >= 4 is 29.6 Å². The van der Waals surface area contributed by atoms with E-state index in [4.69, 9.17) is 5.73 Å². The van der Waals surface area contributed by atoms with Gasteiger partial charge in [-0.3, -0.25) is 34.0 Å². The van der Waals surface area contributed by atoms with Crippen LogP contribution in [0.5, 0.6) is 0 Å². The molecular formula is C19H17N5O5. The maximum atomic E-state index is 12.5. The smallest absolute Gasteiger partial charge is 0.325 e. The average molecular weight is 395 g/mol. The number of pyridine rings is 1. The number of urea groups is 1. The van der Waals surface area contributed by atoms with E-state index in [2.05, 4.69) is 10.6 Å². The van der Waals surface area contributed by atoms with E-state index in [0.29, 0.717) is 11.3 Å². The summed E-state index contributed by atoms with van der Waals surface area (Å²) < 4.78 is 1.12. The third-order valence-corrected chi connectivity index (χ3v) is 4.93. The lowest BCUT2D eigenvalue weighted by atomic mass is 10.1. The molecular weight excluding hydrogens is 378 g/mol. The lowest BCUT2D eigenvalue weighted by Crippen LogP contribution is -2.40. The van der Waals surface area contributed by atoms with Gasteiger partial charge in [-0.1, -0.05) is 12.1 Å². The number of amides is 5. The SMILES string of the molecule is CC1(C)NC(=O)N(Cc2ccc(-n3c(N)c4c(cc3=O)C(=O)NC4=O)cc2)C1=O. The van der Waals surface area contributed by atoms with E-state index in [1.54, 1.807) is 38.1 Å². The third kappa shape index (κ3) is 2.76. The highest BCUT2D eigenvalue weighted by molar-refractivity contribution is 6.23. The monoisotopic (exact) mass is 395 g/mol. The second-order valence-electron chi connectivity index (χ2n) is 7.39. The molecule has 29 heavy (non-hydrogen) atoms. The molecule has 0 unspecified atom stereocenters. The molecule has 1 saturated heterocycles. The molecule has 4 rings (SSSR count). The Labute approximate surface area is 164 Å². The molecule has 2 aliphatic heterocycles. The van der Waals surface area contributed by atoms with E-state index in [1.165, 1.54) is 0 Å². The van der Waals surface area contributed by atoms with Gasteiger partial charge in [-0.2, -0.15) is 0 Å². The molecule has 2 aromatic rings. The summed E-state index contributed by atoms with van der Waals surface area (Å²) in [5.74, 6) is -1.79. The van der Waals surface area contributed by atoms with E-state index < -0.39 is 28.9 Å². The standard InChI is InChI=1S/C19H17N5O5/c1-19(2)17(28)23(18(29)22-19)8-9-3-5-10(6-4-9)24-12(25)7-11-13(14(24)20)16(27)21-15(11)26/h3-7H,8,20H2,1-2H3,(H,22,29)(H,21,26,27). The number of nitrogens with two attached hydrogens (primary N) is 1. The van der Waals surface area contributed by atoms with Gasteiger partial charge in [0.1, 0.15) is 11.4 Å². The predicted molar refractivity (Wildman–Crippen MR) is 101 cm³/mol. The van der Waals surface area contributed by atoms with Crippen LogP contribution in [-0.4, -0.2) is 38.8 Å². The number of imide groups is 2. The van der Waals surface area contributed by atoms with Crippen molar-refractivity contribution in [1.29, 1.82) is 0 Å². The van der Waals surface area contributed by atoms with Crippen molar-refractivity contribution in [3.05, 3.63) is 57.4 Å². The van der Waals surface area contributed by atoms with E-state index >= 15 is 0 Å². The number of anilines is 1. The highest BCUT2D eigenvalue weighted by Gasteiger charge is 2.44. The molecule has 3 heterocycles. The highest BCUT2D eigenvalue weighted by atomic mass is 16.2. The van der Waals surface area contributed by atoms with Crippen LogP contribution in [0, 0.1) is 0 Å². The maximum Gasteiger partial charge on any atom is 0.325 e. The fourth-order valence-corrected chi connectivity index (χ4v) is 3.44. The number of aromatic nitrogens is 1. The van der Waals surface area contributed by atoms with E-state index in [9.17, 15) is 24.0 Å². The van der Waals surface area contributed by atoms with Gasteiger partial charge < -0.3 is 11.1 Å². The largest absolute Gasteiger partial charge is 0.384 e. The highest BCUT2D eigenvalue weighted by Crippen LogP contribution is 2.24. The van der Waals surface area contributed by atoms with Gasteiger partial charge in [0.15, 0.2) is 0 Å². The van der Waals surface area contributed by atoms with Gasteiger partial charge in [-0.05, 0) is 31.5 Å². The lowest BCUT2D eigenvalue weighted by Gasteiger charge is -2.16. The van der Waals surface area contributed by atoms with Crippen molar-refractivity contribution in [1.82, 2.24) is 20.1 Å². The van der Waals surface area contributed by atoms with Gasteiger partial charge in [-0.25, -0.2) is 4.79 Å². The number of hydrogen-bond acceptors (Lipinski definition) is 6. The number of carbonyl (C=O) groups is 4. The average Bonchev–Trinajstić information content (AvgIpc) is 3.03. The Hall–Kier alpha value is -3.95. The van der Waals surface area contributed by atoms with Crippen LogP contribution in [0.4, 0.5) is 10.6 Å². The Morgan fingerprint density at radius 3 is 2.24 bits per heavy atom. The van der Waals surface area contributed by atoms with Crippen LogP contribution in [0.1, 0.15) is 40.1 Å². The first kappa shape index (κ1) is 18.4. The molecule has 0 aliphatic carbocycles. The van der Waals surface area contributed by atoms with Crippen LogP contribution >= 0.6 is 0 Å². The van der Waals surface area contributed by atoms with Crippen molar-refractivity contribution in [2.45, 2.75) is 25.9 Å². The molecule has 0 atom stereocenters. The second-order valence-corrected chi connectivity index (χ2v) is 7.39. The second kappa shape index (κ2) is 6.03. The number of benzene rings is 1. The van der Waals surface area contributed by atoms with Gasteiger partial charge in [0, 0.05) is 6.07 Å². The maximum absolute atomic E-state index is 12.5. The summed E-state index contributed by atoms with van der Waals surface area (Å²) >= 11 is 0. The van der Waals surface area contributed by atoms with Crippen molar-refractivity contribution in [2.24, 2.45) is 0 Å². The van der Waals surface area contributed by atoms with Crippen molar-refractivity contribution < 1.29 is 19.2 Å². The zero-order chi connectivity index (χ0) is 21.1. The molecule has 0 bridgehead atoms. The van der Waals surface area contributed by atoms with Gasteiger partial charge >= 0.3 is 6.03 Å². The number of nitrogen functional groups attached to an aromatic ring is 1. The number of carbonyl (C=O) groups excluding carboxylic acids is 4. The molecule has 10 heteroatoms. The Morgan fingerprint density at radius 2 is 1.66 bits per heavy atom. The van der Waals surface area contributed by atoms with Crippen molar-refractivity contribution in [3.8, 4) is 5.69 Å². The summed E-state index contributed by atoms with van der Waals surface area (Å²) in [5.41, 5.74) is 5.43. The fourth-order valence-electron chi connectivity index (χ4n) is 3.44. The third-order valence-electron chi connectivity index (χ3n) is 4.93. The van der Waals surface area contributed by atoms with Crippen molar-refractivity contribution in [2.75, 3.05) is 5.73 Å². The number of nitrogens with zero attached hydrogens (tertiary/aromatic N) is 2. The minimum absolute atomic E-state index is 0.0414. The van der Waals surface area contributed by atoms with Crippen LogP contribution in [-0.2, 0) is 11.3 Å². The van der Waals surface area contributed by atoms with Gasteiger partial charge in [0.2, 0.25) is 0 Å². The summed E-state index contributed by atoms with van der Waals surface area (Å²) in [6.45, 7) is 3.32. The summed E-state index contributed by atoms with van der Waals surface area (Å²) in [7, 11) is 0. The number of rotatable bonds is 3. The zero-order valence-corrected chi connectivity index (χ0v) is 15.6. The Kier molecular flexibility index (Phi) is 3.83. The molecule has 10 nitrogen and oxygen atoms in total. The summed E-state index contributed by atoms with van der Waals surface area (Å²) in [5, 5.41) is 4.72. The van der Waals surface area contributed by atoms with Crippen molar-refractivity contribution in [3.63, 3.8) is 0 Å². The molecule has 1 fully saturated rings. The predicted octanol–water partition coefficient (Wildman–Crippen LogP) is 0.134. The molecule has 4 N–H and O–H groups in total. The summed E-state index contributed by atoms with van der Waals surface area (Å²) in [4.78, 5) is 61.6. The molecule has 0 radical (unpaired) electrons. The van der Waals surface area contributed by atoms with Gasteiger partial charge in [-0.15, -0.1) is 0 Å². The van der Waals surface area contributed by atoms with E-state index in [-0.39, 0.29) is 29.4 Å². The molecule has 0 saturated carbocycles. The summed E-state index contributed by atoms with van der Waals surface area (Å²) in [6, 6.07) is 7.04.